The highest BCUT2D eigenvalue weighted by molar-refractivity contribution is 5.86. The number of aliphatic hydroxyl groups excluding tert-OH is 1. The lowest BCUT2D eigenvalue weighted by Gasteiger charge is -2.33. The van der Waals surface area contributed by atoms with Crippen LogP contribution in [0.2, 0.25) is 0 Å². The molecule has 2 amide bonds. The zero-order chi connectivity index (χ0) is 22.7. The molecule has 0 heterocycles. The smallest absolute Gasteiger partial charge is 0.407 e. The van der Waals surface area contributed by atoms with Gasteiger partial charge < -0.3 is 25.6 Å². The van der Waals surface area contributed by atoms with Crippen LogP contribution in [0, 0.1) is 0 Å². The molecule has 0 saturated heterocycles. The quantitative estimate of drug-likeness (QED) is 0.502. The second-order valence-electron chi connectivity index (χ2n) is 8.29. The highest BCUT2D eigenvalue weighted by atomic mass is 16.5. The lowest BCUT2D eigenvalue weighted by molar-refractivity contribution is -0.137. The van der Waals surface area contributed by atoms with Crippen LogP contribution in [0.15, 0.2) is 48.5 Å². The van der Waals surface area contributed by atoms with Crippen molar-refractivity contribution in [2.45, 2.75) is 49.8 Å². The van der Waals surface area contributed by atoms with Crippen molar-refractivity contribution in [1.82, 2.24) is 10.6 Å². The fourth-order valence-corrected chi connectivity index (χ4v) is 4.33. The van der Waals surface area contributed by atoms with Crippen LogP contribution in [-0.4, -0.2) is 53.0 Å². The summed E-state index contributed by atoms with van der Waals surface area (Å²) in [6, 6.07) is 14.7. The highest BCUT2D eigenvalue weighted by Gasteiger charge is 2.32. The first kappa shape index (κ1) is 21.8. The molecule has 4 rings (SSSR count). The van der Waals surface area contributed by atoms with Crippen LogP contribution in [0.3, 0.4) is 0 Å². The summed E-state index contributed by atoms with van der Waals surface area (Å²) in [5.41, 5.74) is 4.37. The molecule has 8 heteroatoms. The maximum absolute atomic E-state index is 12.5. The molecule has 2 aliphatic rings. The summed E-state index contributed by atoms with van der Waals surface area (Å²) in [5.74, 6) is -1.65. The molecule has 32 heavy (non-hydrogen) atoms. The van der Waals surface area contributed by atoms with Gasteiger partial charge in [-0.1, -0.05) is 48.5 Å². The summed E-state index contributed by atoms with van der Waals surface area (Å²) in [6.45, 7) is 0.0992. The Hall–Kier alpha value is -3.39. The van der Waals surface area contributed by atoms with E-state index in [4.69, 9.17) is 9.84 Å². The Balaban J connectivity index is 1.38. The van der Waals surface area contributed by atoms with Gasteiger partial charge >= 0.3 is 12.1 Å². The summed E-state index contributed by atoms with van der Waals surface area (Å²) in [6.07, 6.45) is -0.640. The molecule has 1 saturated carbocycles. The third-order valence-corrected chi connectivity index (χ3v) is 6.06. The SMILES string of the molecule is O=C(O)CCC(NC(=O)OCC1c2ccccc2-c2ccccc21)C(=O)NC1CC(O)C1. The Labute approximate surface area is 185 Å². The first-order valence-electron chi connectivity index (χ1n) is 10.7. The summed E-state index contributed by atoms with van der Waals surface area (Å²) >= 11 is 0. The molecule has 4 N–H and O–H groups in total. The van der Waals surface area contributed by atoms with Gasteiger partial charge in [0.2, 0.25) is 5.91 Å². The normalized spacial score (nSPS) is 19.8. The number of aliphatic hydroxyl groups is 1. The van der Waals surface area contributed by atoms with Crippen molar-refractivity contribution in [3.8, 4) is 11.1 Å². The summed E-state index contributed by atoms with van der Waals surface area (Å²) in [4.78, 5) is 36.0. The number of benzene rings is 2. The Morgan fingerprint density at radius 1 is 1.00 bits per heavy atom. The van der Waals surface area contributed by atoms with Crippen molar-refractivity contribution >= 4 is 18.0 Å². The number of carbonyl (C=O) groups excluding carboxylic acids is 2. The Bertz CT molecular complexity index is 972. The molecule has 168 valence electrons. The van der Waals surface area contributed by atoms with Gasteiger partial charge in [-0.25, -0.2) is 4.79 Å². The van der Waals surface area contributed by atoms with Crippen LogP contribution in [0.25, 0.3) is 11.1 Å². The van der Waals surface area contributed by atoms with E-state index in [2.05, 4.69) is 10.6 Å². The third kappa shape index (κ3) is 4.75. The molecule has 0 bridgehead atoms. The molecule has 1 atom stereocenters. The second-order valence-corrected chi connectivity index (χ2v) is 8.29. The molecular formula is C24H26N2O6. The fourth-order valence-electron chi connectivity index (χ4n) is 4.33. The number of rotatable bonds is 8. The minimum atomic E-state index is -1.06. The van der Waals surface area contributed by atoms with Crippen LogP contribution in [0.1, 0.15) is 42.7 Å². The predicted molar refractivity (Wildman–Crippen MR) is 116 cm³/mol. The summed E-state index contributed by atoms with van der Waals surface area (Å²) in [5, 5.41) is 23.6. The van der Waals surface area contributed by atoms with Crippen molar-refractivity contribution in [3.63, 3.8) is 0 Å². The predicted octanol–water partition coefficient (Wildman–Crippen LogP) is 2.40. The number of hydrogen-bond donors (Lipinski definition) is 4. The van der Waals surface area contributed by atoms with E-state index in [1.807, 2.05) is 48.5 Å². The zero-order valence-corrected chi connectivity index (χ0v) is 17.5. The first-order chi connectivity index (χ1) is 15.4. The number of fused-ring (bicyclic) bond motifs is 3. The van der Waals surface area contributed by atoms with E-state index in [9.17, 15) is 19.5 Å². The maximum atomic E-state index is 12.5. The highest BCUT2D eigenvalue weighted by Crippen LogP contribution is 2.44. The van der Waals surface area contributed by atoms with E-state index in [0.29, 0.717) is 12.8 Å². The van der Waals surface area contributed by atoms with Gasteiger partial charge in [0.25, 0.3) is 0 Å². The van der Waals surface area contributed by atoms with Crippen molar-refractivity contribution in [2.75, 3.05) is 6.61 Å². The minimum Gasteiger partial charge on any atom is -0.481 e. The molecule has 2 aromatic rings. The van der Waals surface area contributed by atoms with E-state index in [1.165, 1.54) is 0 Å². The molecule has 8 nitrogen and oxygen atoms in total. The van der Waals surface area contributed by atoms with E-state index in [-0.39, 0.29) is 31.4 Å². The number of hydrogen-bond acceptors (Lipinski definition) is 5. The van der Waals surface area contributed by atoms with Crippen LogP contribution < -0.4 is 10.6 Å². The lowest BCUT2D eigenvalue weighted by atomic mass is 9.89. The number of alkyl carbamates (subject to hydrolysis) is 1. The number of nitrogens with one attached hydrogen (secondary N) is 2. The molecule has 1 fully saturated rings. The molecule has 2 aliphatic carbocycles. The maximum Gasteiger partial charge on any atom is 0.407 e. The van der Waals surface area contributed by atoms with Crippen LogP contribution >= 0.6 is 0 Å². The number of amides is 2. The van der Waals surface area contributed by atoms with Crippen molar-refractivity contribution in [3.05, 3.63) is 59.7 Å². The van der Waals surface area contributed by atoms with E-state index in [1.54, 1.807) is 0 Å². The van der Waals surface area contributed by atoms with Gasteiger partial charge in [0.1, 0.15) is 12.6 Å². The van der Waals surface area contributed by atoms with Crippen molar-refractivity contribution in [2.24, 2.45) is 0 Å². The van der Waals surface area contributed by atoms with Gasteiger partial charge in [-0.2, -0.15) is 0 Å². The molecule has 0 spiro atoms. The van der Waals surface area contributed by atoms with E-state index < -0.39 is 30.1 Å². The number of carboxylic acids is 1. The molecule has 0 radical (unpaired) electrons. The monoisotopic (exact) mass is 438 g/mol. The average molecular weight is 438 g/mol. The second kappa shape index (κ2) is 9.40. The van der Waals surface area contributed by atoms with Crippen LogP contribution in [-0.2, 0) is 14.3 Å². The largest absolute Gasteiger partial charge is 0.481 e. The third-order valence-electron chi connectivity index (χ3n) is 6.06. The van der Waals surface area contributed by atoms with E-state index >= 15 is 0 Å². The van der Waals surface area contributed by atoms with Crippen molar-refractivity contribution < 1.29 is 29.3 Å². The van der Waals surface area contributed by atoms with Gasteiger partial charge in [0, 0.05) is 18.4 Å². The number of ether oxygens (including phenoxy) is 1. The van der Waals surface area contributed by atoms with Crippen LogP contribution in [0.4, 0.5) is 4.79 Å². The Kier molecular flexibility index (Phi) is 6.41. The molecule has 1 unspecified atom stereocenters. The molecule has 0 aromatic heterocycles. The molecule has 0 aliphatic heterocycles. The average Bonchev–Trinajstić information content (AvgIpc) is 3.07. The van der Waals surface area contributed by atoms with Gasteiger partial charge in [0.15, 0.2) is 0 Å². The van der Waals surface area contributed by atoms with Gasteiger partial charge in [-0.15, -0.1) is 0 Å². The molecular weight excluding hydrogens is 412 g/mol. The Morgan fingerprint density at radius 3 is 2.16 bits per heavy atom. The summed E-state index contributed by atoms with van der Waals surface area (Å²) < 4.78 is 5.47. The van der Waals surface area contributed by atoms with E-state index in [0.717, 1.165) is 22.3 Å². The fraction of sp³-hybridized carbons (Fsp3) is 0.375. The summed E-state index contributed by atoms with van der Waals surface area (Å²) in [7, 11) is 0. The number of carboxylic acid groups (broad SMARTS) is 1. The lowest BCUT2D eigenvalue weighted by Crippen LogP contribution is -2.54. The van der Waals surface area contributed by atoms with Gasteiger partial charge in [0.05, 0.1) is 6.10 Å². The van der Waals surface area contributed by atoms with Crippen LogP contribution in [0.5, 0.6) is 0 Å². The number of carbonyl (C=O) groups is 3. The van der Waals surface area contributed by atoms with Crippen molar-refractivity contribution in [1.29, 1.82) is 0 Å². The number of aliphatic carboxylic acids is 1. The first-order valence-corrected chi connectivity index (χ1v) is 10.7. The standard InChI is InChI=1S/C24H26N2O6/c27-15-11-14(12-15)25-23(30)21(9-10-22(28)29)26-24(31)32-13-20-18-7-3-1-5-16(18)17-6-2-4-8-19(17)20/h1-8,14-15,20-21,27H,9-13H2,(H,25,30)(H,26,31)(H,28,29). The van der Waals surface area contributed by atoms with Gasteiger partial charge in [-0.3, -0.25) is 9.59 Å². The zero-order valence-electron chi connectivity index (χ0n) is 17.5. The topological polar surface area (TPSA) is 125 Å². The van der Waals surface area contributed by atoms with Gasteiger partial charge in [-0.05, 0) is 41.5 Å². The minimum absolute atomic E-state index is 0.0549. The Morgan fingerprint density at radius 2 is 1.59 bits per heavy atom. The molecule has 2 aromatic carbocycles.